The minimum Gasteiger partial charge on any atom is -0.481 e. The zero-order chi connectivity index (χ0) is 39.3. The van der Waals surface area contributed by atoms with Crippen molar-refractivity contribution in [3.63, 3.8) is 0 Å². The largest absolute Gasteiger partial charge is 0.481 e. The lowest BCUT2D eigenvalue weighted by Crippen LogP contribution is -2.29. The van der Waals surface area contributed by atoms with E-state index in [0.29, 0.717) is 10.2 Å². The molecule has 0 bridgehead atoms. The van der Waals surface area contributed by atoms with Crippen LogP contribution in [-0.2, 0) is 30.7 Å². The average Bonchev–Trinajstić information content (AvgIpc) is 3.75. The molecule has 2 aromatic carbocycles. The average molecular weight is 776 g/mol. The summed E-state index contributed by atoms with van der Waals surface area (Å²) < 4.78 is 39.7. The monoisotopic (exact) mass is 775 g/mol. The van der Waals surface area contributed by atoms with Crippen LogP contribution < -0.4 is 0 Å². The SMILES string of the molecule is CCOC(=O)c1nc(Cc2c(C)cc(C)cc2C)nc(C(O)OCC)c1N=Nc1nn(-c2nc3cc(S(=O)(=O)N(C)CCC(=O)O)ccc3s2)cc1C#N. The first kappa shape index (κ1) is 39.7. The van der Waals surface area contributed by atoms with Crippen LogP contribution in [0.25, 0.3) is 15.3 Å². The first-order valence-corrected chi connectivity index (χ1v) is 18.9. The van der Waals surface area contributed by atoms with Crippen molar-refractivity contribution in [3.05, 3.63) is 81.6 Å². The van der Waals surface area contributed by atoms with E-state index in [4.69, 9.17) is 14.6 Å². The van der Waals surface area contributed by atoms with Gasteiger partial charge in [-0.15, -0.1) is 15.3 Å². The van der Waals surface area contributed by atoms with Gasteiger partial charge in [0.15, 0.2) is 5.69 Å². The van der Waals surface area contributed by atoms with E-state index in [1.807, 2.05) is 39.0 Å². The summed E-state index contributed by atoms with van der Waals surface area (Å²) in [5.41, 5.74) is 3.69. The van der Waals surface area contributed by atoms with Gasteiger partial charge in [-0.05, 0) is 69.5 Å². The number of aliphatic hydroxyl groups is 1. The summed E-state index contributed by atoms with van der Waals surface area (Å²) in [6.07, 6.45) is -0.394. The molecule has 1 atom stereocenters. The van der Waals surface area contributed by atoms with Gasteiger partial charge in [-0.3, -0.25) is 4.79 Å². The summed E-state index contributed by atoms with van der Waals surface area (Å²) in [4.78, 5) is 37.7. The van der Waals surface area contributed by atoms with Crippen LogP contribution in [-0.4, -0.2) is 86.4 Å². The van der Waals surface area contributed by atoms with Crippen molar-refractivity contribution in [1.82, 2.24) is 29.0 Å². The van der Waals surface area contributed by atoms with E-state index in [1.54, 1.807) is 19.9 Å². The zero-order valence-corrected chi connectivity index (χ0v) is 31.9. The first-order chi connectivity index (χ1) is 25.7. The Balaban J connectivity index is 1.54. The fraction of sp³-hybridized carbons (Fsp3) is 0.343. The van der Waals surface area contributed by atoms with E-state index in [-0.39, 0.29) is 76.9 Å². The molecule has 0 aliphatic heterocycles. The fourth-order valence-electron chi connectivity index (χ4n) is 5.52. The number of aliphatic hydroxyl groups excluding tert-OH is 1. The summed E-state index contributed by atoms with van der Waals surface area (Å²) in [5.74, 6) is -1.92. The van der Waals surface area contributed by atoms with Crippen LogP contribution >= 0.6 is 11.3 Å². The molecule has 0 amide bonds. The maximum atomic E-state index is 13.3. The third-order valence-corrected chi connectivity index (χ3v) is 11.0. The molecule has 2 N–H and O–H groups in total. The number of azo groups is 1. The zero-order valence-electron chi connectivity index (χ0n) is 30.3. The smallest absolute Gasteiger partial charge is 0.359 e. The van der Waals surface area contributed by atoms with Crippen LogP contribution in [0.3, 0.4) is 0 Å². The number of sulfonamides is 1. The molecule has 19 heteroatoms. The third-order valence-electron chi connectivity index (χ3n) is 8.11. The molecule has 3 heterocycles. The lowest BCUT2D eigenvalue weighted by atomic mass is 9.97. The number of ether oxygens (including phenoxy) is 2. The Morgan fingerprint density at radius 2 is 1.80 bits per heavy atom. The van der Waals surface area contributed by atoms with Gasteiger partial charge >= 0.3 is 11.9 Å². The summed E-state index contributed by atoms with van der Waals surface area (Å²) in [6, 6.07) is 10.4. The Bertz CT molecular complexity index is 2400. The number of nitrogens with zero attached hydrogens (tertiary/aromatic N) is 9. The molecule has 5 rings (SSSR count). The van der Waals surface area contributed by atoms with E-state index in [0.717, 1.165) is 37.9 Å². The minimum atomic E-state index is -4.00. The Morgan fingerprint density at radius 1 is 1.07 bits per heavy atom. The van der Waals surface area contributed by atoms with Gasteiger partial charge < -0.3 is 19.7 Å². The normalized spacial score (nSPS) is 12.4. The number of hydrogen-bond donors (Lipinski definition) is 2. The molecular formula is C35H37N9O8S2. The number of benzene rings is 2. The lowest BCUT2D eigenvalue weighted by Gasteiger charge is -2.16. The summed E-state index contributed by atoms with van der Waals surface area (Å²) >= 11 is 1.16. The van der Waals surface area contributed by atoms with E-state index in [9.17, 15) is 28.4 Å². The number of nitriles is 1. The van der Waals surface area contributed by atoms with Crippen LogP contribution in [0.1, 0.15) is 76.4 Å². The number of hydrogen-bond acceptors (Lipinski definition) is 15. The first-order valence-electron chi connectivity index (χ1n) is 16.6. The van der Waals surface area contributed by atoms with Gasteiger partial charge in [0.2, 0.25) is 27.3 Å². The highest BCUT2D eigenvalue weighted by molar-refractivity contribution is 7.89. The standard InChI is InChI=1S/C35H37N9O8S2/c1-7-51-33(47)30-29(31(34(48)52-8-2)39-27(38-30)16-24-20(4)13-19(3)14-21(24)5)40-41-32-22(17-36)18-44(42-32)35-37-25-15-23(9-10-26(25)53-35)54(49,50)43(6)12-11-28(45)46/h9-10,13-15,18,33,47H,7-8,11-12,16H2,1-6H3,(H,45,46). The van der Waals surface area contributed by atoms with Gasteiger partial charge in [0.1, 0.15) is 28.8 Å². The molecule has 17 nitrogen and oxygen atoms in total. The van der Waals surface area contributed by atoms with Crippen LogP contribution in [0.15, 0.2) is 51.7 Å². The Hall–Kier alpha value is -5.52. The van der Waals surface area contributed by atoms with Gasteiger partial charge in [-0.25, -0.2) is 37.2 Å². The predicted molar refractivity (Wildman–Crippen MR) is 196 cm³/mol. The number of aliphatic carboxylic acids is 1. The number of rotatable bonds is 15. The van der Waals surface area contributed by atoms with E-state index in [1.165, 1.54) is 30.1 Å². The maximum Gasteiger partial charge on any atom is 0.359 e. The van der Waals surface area contributed by atoms with Gasteiger partial charge in [-0.2, -0.15) is 5.26 Å². The Kier molecular flexibility index (Phi) is 12.2. The number of aromatic nitrogens is 5. The van der Waals surface area contributed by atoms with Crippen molar-refractivity contribution in [3.8, 4) is 11.2 Å². The number of carboxylic acid groups (broad SMARTS) is 1. The maximum absolute atomic E-state index is 13.3. The van der Waals surface area contributed by atoms with Gasteiger partial charge in [0.05, 0.1) is 34.3 Å². The molecule has 1 unspecified atom stereocenters. The fourth-order valence-corrected chi connectivity index (χ4v) is 7.58. The number of aryl methyl sites for hydroxylation is 3. The number of esters is 1. The van der Waals surface area contributed by atoms with Crippen LogP contribution in [0, 0.1) is 32.1 Å². The summed E-state index contributed by atoms with van der Waals surface area (Å²) in [5, 5.41) is 43.0. The highest BCUT2D eigenvalue weighted by atomic mass is 32.2. The predicted octanol–water partition coefficient (Wildman–Crippen LogP) is 5.37. The number of carboxylic acids is 1. The second-order valence-corrected chi connectivity index (χ2v) is 15.1. The number of carbonyl (C=O) groups excluding carboxylic acids is 1. The number of thiazole rings is 1. The van der Waals surface area contributed by atoms with Gasteiger partial charge in [0.25, 0.3) is 0 Å². The third kappa shape index (κ3) is 8.64. The topological polar surface area (TPSA) is 235 Å². The summed E-state index contributed by atoms with van der Waals surface area (Å²) in [7, 11) is -2.71. The Labute approximate surface area is 314 Å². The highest BCUT2D eigenvalue weighted by Gasteiger charge is 2.27. The van der Waals surface area contributed by atoms with Crippen molar-refractivity contribution in [1.29, 1.82) is 5.26 Å². The highest BCUT2D eigenvalue weighted by Crippen LogP contribution is 2.33. The van der Waals surface area contributed by atoms with Gasteiger partial charge in [0, 0.05) is 26.6 Å². The van der Waals surface area contributed by atoms with Crippen molar-refractivity contribution in [2.24, 2.45) is 10.2 Å². The van der Waals surface area contributed by atoms with Crippen molar-refractivity contribution in [2.75, 3.05) is 26.8 Å². The molecular weight excluding hydrogens is 739 g/mol. The lowest BCUT2D eigenvalue weighted by molar-refractivity contribution is -0.137. The quantitative estimate of drug-likeness (QED) is 0.0774. The van der Waals surface area contributed by atoms with Crippen LogP contribution in [0.4, 0.5) is 11.5 Å². The molecule has 5 aromatic rings. The van der Waals surface area contributed by atoms with Crippen LogP contribution in [0.2, 0.25) is 0 Å². The molecule has 54 heavy (non-hydrogen) atoms. The van der Waals surface area contributed by atoms with Crippen LogP contribution in [0.5, 0.6) is 0 Å². The molecule has 0 saturated carbocycles. The molecule has 0 saturated heterocycles. The van der Waals surface area contributed by atoms with Crippen molar-refractivity contribution in [2.45, 2.75) is 58.6 Å². The van der Waals surface area contributed by atoms with E-state index < -0.39 is 28.3 Å². The molecule has 0 radical (unpaired) electrons. The minimum absolute atomic E-state index is 0.0196. The second-order valence-electron chi connectivity index (χ2n) is 12.0. The van der Waals surface area contributed by atoms with Crippen molar-refractivity contribution < 1.29 is 37.7 Å². The van der Waals surface area contributed by atoms with Gasteiger partial charge in [-0.1, -0.05) is 29.0 Å². The molecule has 282 valence electrons. The molecule has 0 aliphatic rings. The molecule has 0 spiro atoms. The summed E-state index contributed by atoms with van der Waals surface area (Å²) in [6.45, 7) is 9.14. The molecule has 0 aliphatic carbocycles. The number of fused-ring (bicyclic) bond motifs is 1. The molecule has 3 aromatic heterocycles. The van der Waals surface area contributed by atoms with Crippen molar-refractivity contribution >= 4 is 55.0 Å². The Morgan fingerprint density at radius 3 is 2.44 bits per heavy atom. The number of carbonyl (C=O) groups is 2. The van der Waals surface area contributed by atoms with E-state index >= 15 is 0 Å². The second kappa shape index (κ2) is 16.7. The molecule has 0 fully saturated rings. The van der Waals surface area contributed by atoms with E-state index in [2.05, 4.69) is 30.3 Å².